The maximum atomic E-state index is 10.6. The van der Waals surface area contributed by atoms with E-state index in [0.29, 0.717) is 12.1 Å². The SMILES string of the molecule is CN1C2CCCC1CC(OC(=O)Cl)C2.Cl. The van der Waals surface area contributed by atoms with Gasteiger partial charge >= 0.3 is 5.43 Å². The molecule has 2 heterocycles. The third-order valence-corrected chi connectivity index (χ3v) is 3.64. The molecule has 2 atom stereocenters. The highest BCUT2D eigenvalue weighted by atomic mass is 35.5. The summed E-state index contributed by atoms with van der Waals surface area (Å²) in [7, 11) is 2.17. The van der Waals surface area contributed by atoms with Crippen LogP contribution in [-0.2, 0) is 4.74 Å². The minimum absolute atomic E-state index is 0. The third-order valence-electron chi connectivity index (χ3n) is 3.56. The van der Waals surface area contributed by atoms with Gasteiger partial charge in [-0.25, -0.2) is 4.79 Å². The average molecular weight is 254 g/mol. The Morgan fingerprint density at radius 2 is 1.87 bits per heavy atom. The molecule has 0 radical (unpaired) electrons. The van der Waals surface area contributed by atoms with Gasteiger partial charge in [-0.3, -0.25) is 0 Å². The van der Waals surface area contributed by atoms with Crippen molar-refractivity contribution in [3.63, 3.8) is 0 Å². The van der Waals surface area contributed by atoms with Crippen LogP contribution in [0.4, 0.5) is 4.79 Å². The summed E-state index contributed by atoms with van der Waals surface area (Å²) in [5.41, 5.74) is -0.655. The van der Waals surface area contributed by atoms with Crippen LogP contribution in [0.2, 0.25) is 0 Å². The first-order valence-electron chi connectivity index (χ1n) is 5.25. The average Bonchev–Trinajstić information content (AvgIpc) is 2.05. The van der Waals surface area contributed by atoms with Gasteiger partial charge in [0.25, 0.3) is 0 Å². The minimum Gasteiger partial charge on any atom is -0.450 e. The predicted molar refractivity (Wildman–Crippen MR) is 61.8 cm³/mol. The number of hydrogen-bond acceptors (Lipinski definition) is 3. The molecule has 2 aliphatic rings. The Hall–Kier alpha value is 0.01000. The van der Waals surface area contributed by atoms with Crippen LogP contribution in [0.15, 0.2) is 0 Å². The van der Waals surface area contributed by atoms with Crippen LogP contribution < -0.4 is 0 Å². The molecule has 0 N–H and O–H groups in total. The summed E-state index contributed by atoms with van der Waals surface area (Å²) in [6.45, 7) is 0. The standard InChI is InChI=1S/C10H16ClNO2.ClH/c1-12-7-3-2-4-8(12)6-9(5-7)14-10(11)13;/h7-9H,2-6H2,1H3;1H. The van der Waals surface area contributed by atoms with E-state index in [9.17, 15) is 4.79 Å². The summed E-state index contributed by atoms with van der Waals surface area (Å²) in [4.78, 5) is 13.1. The van der Waals surface area contributed by atoms with Crippen molar-refractivity contribution in [3.05, 3.63) is 0 Å². The second kappa shape index (κ2) is 5.37. The maximum absolute atomic E-state index is 10.6. The molecule has 2 rings (SSSR count). The highest BCUT2D eigenvalue weighted by Crippen LogP contribution is 2.33. The number of hydrogen-bond donors (Lipinski definition) is 0. The lowest BCUT2D eigenvalue weighted by Crippen LogP contribution is -2.51. The van der Waals surface area contributed by atoms with Crippen LogP contribution in [0.1, 0.15) is 32.1 Å². The molecule has 0 aliphatic carbocycles. The Balaban J connectivity index is 0.00000112. The summed E-state index contributed by atoms with van der Waals surface area (Å²) in [5, 5.41) is 0. The van der Waals surface area contributed by atoms with Crippen molar-refractivity contribution in [1.82, 2.24) is 4.90 Å². The fourth-order valence-corrected chi connectivity index (χ4v) is 2.92. The summed E-state index contributed by atoms with van der Waals surface area (Å²) in [6.07, 6.45) is 5.71. The predicted octanol–water partition coefficient (Wildman–Crippen LogP) is 2.80. The van der Waals surface area contributed by atoms with E-state index >= 15 is 0 Å². The van der Waals surface area contributed by atoms with Gasteiger partial charge in [0.05, 0.1) is 0 Å². The van der Waals surface area contributed by atoms with E-state index in [4.69, 9.17) is 16.3 Å². The molecule has 2 saturated heterocycles. The van der Waals surface area contributed by atoms with Gasteiger partial charge in [0.1, 0.15) is 6.10 Å². The molecule has 0 aromatic heterocycles. The first-order valence-corrected chi connectivity index (χ1v) is 5.62. The summed E-state index contributed by atoms with van der Waals surface area (Å²) in [6, 6.07) is 1.17. The highest BCUT2D eigenvalue weighted by molar-refractivity contribution is 6.61. The van der Waals surface area contributed by atoms with Crippen molar-refractivity contribution >= 4 is 29.4 Å². The molecule has 0 spiro atoms. The molecule has 0 aromatic carbocycles. The van der Waals surface area contributed by atoms with E-state index in [0.717, 1.165) is 12.8 Å². The van der Waals surface area contributed by atoms with Crippen molar-refractivity contribution in [3.8, 4) is 0 Å². The monoisotopic (exact) mass is 253 g/mol. The molecule has 2 aliphatic heterocycles. The zero-order valence-electron chi connectivity index (χ0n) is 8.82. The van der Waals surface area contributed by atoms with Crippen molar-refractivity contribution in [2.45, 2.75) is 50.3 Å². The van der Waals surface area contributed by atoms with Crippen LogP contribution in [0.5, 0.6) is 0 Å². The lowest BCUT2D eigenvalue weighted by Gasteiger charge is -2.46. The molecule has 0 saturated carbocycles. The van der Waals surface area contributed by atoms with E-state index in [1.165, 1.54) is 19.3 Å². The van der Waals surface area contributed by atoms with Crippen LogP contribution in [0.3, 0.4) is 0 Å². The van der Waals surface area contributed by atoms with E-state index < -0.39 is 5.43 Å². The highest BCUT2D eigenvalue weighted by Gasteiger charge is 2.37. The number of carbonyl (C=O) groups is 1. The van der Waals surface area contributed by atoms with Crippen LogP contribution in [0, 0.1) is 0 Å². The summed E-state index contributed by atoms with van der Waals surface area (Å²) in [5.74, 6) is 0. The Kier molecular flexibility index (Phi) is 4.68. The van der Waals surface area contributed by atoms with E-state index in [1.54, 1.807) is 0 Å². The number of fused-ring (bicyclic) bond motifs is 2. The van der Waals surface area contributed by atoms with Gasteiger partial charge in [-0.15, -0.1) is 12.4 Å². The number of halogens is 2. The lowest BCUT2D eigenvalue weighted by molar-refractivity contribution is -0.0133. The number of ether oxygens (including phenoxy) is 1. The normalized spacial score (nSPS) is 35.5. The van der Waals surface area contributed by atoms with Crippen molar-refractivity contribution in [2.75, 3.05) is 7.05 Å². The first-order chi connectivity index (χ1) is 6.66. The van der Waals surface area contributed by atoms with Crippen LogP contribution >= 0.6 is 24.0 Å². The fraction of sp³-hybridized carbons (Fsp3) is 0.900. The van der Waals surface area contributed by atoms with Crippen molar-refractivity contribution in [1.29, 1.82) is 0 Å². The molecule has 2 fully saturated rings. The largest absolute Gasteiger partial charge is 0.450 e. The van der Waals surface area contributed by atoms with E-state index in [-0.39, 0.29) is 18.5 Å². The van der Waals surface area contributed by atoms with Crippen molar-refractivity contribution in [2.24, 2.45) is 0 Å². The van der Waals surface area contributed by atoms with Crippen LogP contribution in [0.25, 0.3) is 0 Å². The maximum Gasteiger partial charge on any atom is 0.404 e. The van der Waals surface area contributed by atoms with Gasteiger partial charge in [0, 0.05) is 36.5 Å². The van der Waals surface area contributed by atoms with Crippen molar-refractivity contribution < 1.29 is 9.53 Å². The van der Waals surface area contributed by atoms with Gasteiger partial charge in [-0.1, -0.05) is 6.42 Å². The molecule has 0 aromatic rings. The number of nitrogens with zero attached hydrogens (tertiary/aromatic N) is 1. The lowest BCUT2D eigenvalue weighted by atomic mass is 9.83. The Bertz CT molecular complexity index is 223. The minimum atomic E-state index is -0.655. The molecule has 0 amide bonds. The second-order valence-corrected chi connectivity index (χ2v) is 4.66. The van der Waals surface area contributed by atoms with Gasteiger partial charge in [0.15, 0.2) is 0 Å². The molecule has 2 bridgehead atoms. The number of rotatable bonds is 1. The Labute approximate surface area is 102 Å². The molecule has 3 nitrogen and oxygen atoms in total. The topological polar surface area (TPSA) is 29.5 Å². The zero-order valence-corrected chi connectivity index (χ0v) is 10.4. The van der Waals surface area contributed by atoms with Crippen LogP contribution in [-0.4, -0.2) is 35.6 Å². The molecular weight excluding hydrogens is 237 g/mol. The van der Waals surface area contributed by atoms with Gasteiger partial charge in [0.2, 0.25) is 0 Å². The molecule has 88 valence electrons. The van der Waals surface area contributed by atoms with E-state index in [1.807, 2.05) is 0 Å². The Morgan fingerprint density at radius 3 is 2.33 bits per heavy atom. The van der Waals surface area contributed by atoms with Gasteiger partial charge in [-0.2, -0.15) is 0 Å². The van der Waals surface area contributed by atoms with Gasteiger partial charge < -0.3 is 9.64 Å². The zero-order chi connectivity index (χ0) is 10.1. The van der Waals surface area contributed by atoms with Gasteiger partial charge in [-0.05, 0) is 19.9 Å². The summed E-state index contributed by atoms with van der Waals surface area (Å²) < 4.78 is 5.08. The van der Waals surface area contributed by atoms with E-state index in [2.05, 4.69) is 11.9 Å². The summed E-state index contributed by atoms with van der Waals surface area (Å²) >= 11 is 5.23. The molecule has 5 heteroatoms. The molecule has 2 unspecified atom stereocenters. The third kappa shape index (κ3) is 2.99. The number of carbonyl (C=O) groups excluding carboxylic acids is 1. The smallest absolute Gasteiger partial charge is 0.404 e. The Morgan fingerprint density at radius 1 is 1.33 bits per heavy atom. The molecule has 15 heavy (non-hydrogen) atoms. The first kappa shape index (κ1) is 13.1. The number of piperidine rings is 2. The second-order valence-electron chi connectivity index (χ2n) is 4.35. The fourth-order valence-electron chi connectivity index (χ4n) is 2.79. The quantitative estimate of drug-likeness (QED) is 0.674. The molecular formula is C10H17Cl2NO2.